The lowest BCUT2D eigenvalue weighted by Crippen LogP contribution is -2.23. The van der Waals surface area contributed by atoms with E-state index in [0.29, 0.717) is 40.9 Å². The van der Waals surface area contributed by atoms with Crippen LogP contribution in [0, 0.1) is 5.82 Å². The van der Waals surface area contributed by atoms with E-state index in [0.717, 1.165) is 6.42 Å². The van der Waals surface area contributed by atoms with E-state index < -0.39 is 0 Å². The van der Waals surface area contributed by atoms with Crippen molar-refractivity contribution in [3.8, 4) is 11.5 Å². The zero-order valence-corrected chi connectivity index (χ0v) is 13.0. The van der Waals surface area contributed by atoms with Crippen molar-refractivity contribution in [1.82, 2.24) is 5.32 Å². The van der Waals surface area contributed by atoms with Crippen LogP contribution in [0.5, 0.6) is 11.5 Å². The van der Waals surface area contributed by atoms with Crippen LogP contribution in [0.3, 0.4) is 0 Å². The van der Waals surface area contributed by atoms with Crippen molar-refractivity contribution >= 4 is 17.5 Å². The van der Waals surface area contributed by atoms with Crippen LogP contribution in [0.4, 0.5) is 4.39 Å². The molecule has 1 heterocycles. The second kappa shape index (κ2) is 6.87. The summed E-state index contributed by atoms with van der Waals surface area (Å²) < 4.78 is 24.6. The highest BCUT2D eigenvalue weighted by Gasteiger charge is 2.18. The largest absolute Gasteiger partial charge is 0.489 e. The minimum atomic E-state index is -0.357. The predicted octanol–water partition coefficient (Wildman–Crippen LogP) is 3.57. The van der Waals surface area contributed by atoms with E-state index in [-0.39, 0.29) is 18.3 Å². The Morgan fingerprint density at radius 2 is 2.00 bits per heavy atom. The van der Waals surface area contributed by atoms with Crippen molar-refractivity contribution in [2.45, 2.75) is 13.0 Å². The highest BCUT2D eigenvalue weighted by molar-refractivity contribution is 6.32. The van der Waals surface area contributed by atoms with Gasteiger partial charge in [0.1, 0.15) is 5.82 Å². The van der Waals surface area contributed by atoms with E-state index in [1.165, 1.54) is 12.1 Å². The molecule has 0 bridgehead atoms. The van der Waals surface area contributed by atoms with E-state index in [4.69, 9.17) is 21.1 Å². The molecule has 0 aliphatic carbocycles. The Kier molecular flexibility index (Phi) is 4.67. The fraction of sp³-hybridized carbons (Fsp3) is 0.235. The summed E-state index contributed by atoms with van der Waals surface area (Å²) in [5.74, 6) is 0.191. The van der Waals surface area contributed by atoms with E-state index in [1.807, 2.05) is 0 Å². The summed E-state index contributed by atoms with van der Waals surface area (Å²) in [5.41, 5.74) is 0.761. The molecule has 3 rings (SSSR count). The summed E-state index contributed by atoms with van der Waals surface area (Å²) in [6, 6.07) is 9.40. The van der Waals surface area contributed by atoms with Gasteiger partial charge in [-0.25, -0.2) is 4.39 Å². The fourth-order valence-corrected chi connectivity index (χ4v) is 2.55. The zero-order chi connectivity index (χ0) is 16.2. The maximum absolute atomic E-state index is 13.6. The first kappa shape index (κ1) is 15.6. The predicted molar refractivity (Wildman–Crippen MR) is 84.6 cm³/mol. The normalized spacial score (nSPS) is 13.3. The van der Waals surface area contributed by atoms with Crippen molar-refractivity contribution < 1.29 is 18.7 Å². The van der Waals surface area contributed by atoms with Gasteiger partial charge in [-0.1, -0.05) is 29.8 Å². The molecule has 0 radical (unpaired) electrons. The quantitative estimate of drug-likeness (QED) is 0.932. The van der Waals surface area contributed by atoms with Gasteiger partial charge in [-0.3, -0.25) is 4.79 Å². The molecule has 1 amide bonds. The number of hydrogen-bond donors (Lipinski definition) is 1. The van der Waals surface area contributed by atoms with Gasteiger partial charge in [-0.15, -0.1) is 0 Å². The number of amides is 1. The standard InChI is InChI=1S/C17H15ClFNO3/c18-13-8-12(9-15-16(13)23-7-3-6-22-15)17(21)20-10-11-4-1-2-5-14(11)19/h1-2,4-5,8-9H,3,6-7,10H2,(H,20,21). The Morgan fingerprint density at radius 1 is 1.22 bits per heavy atom. The number of carbonyl (C=O) groups is 1. The Hall–Kier alpha value is -2.27. The molecular weight excluding hydrogens is 321 g/mol. The van der Waals surface area contributed by atoms with Crippen LogP contribution in [-0.4, -0.2) is 19.1 Å². The van der Waals surface area contributed by atoms with E-state index >= 15 is 0 Å². The average molecular weight is 336 g/mol. The minimum Gasteiger partial charge on any atom is -0.489 e. The fourth-order valence-electron chi connectivity index (χ4n) is 2.28. The summed E-state index contributed by atoms with van der Waals surface area (Å²) >= 11 is 6.16. The number of fused-ring (bicyclic) bond motifs is 1. The maximum atomic E-state index is 13.6. The first-order chi connectivity index (χ1) is 11.1. The van der Waals surface area contributed by atoms with E-state index in [1.54, 1.807) is 24.3 Å². The number of hydrogen-bond acceptors (Lipinski definition) is 3. The smallest absolute Gasteiger partial charge is 0.251 e. The molecule has 2 aromatic carbocycles. The highest BCUT2D eigenvalue weighted by atomic mass is 35.5. The summed E-state index contributed by atoms with van der Waals surface area (Å²) in [6.07, 6.45) is 0.750. The zero-order valence-electron chi connectivity index (χ0n) is 12.3. The van der Waals surface area contributed by atoms with Gasteiger partial charge in [-0.05, 0) is 18.2 Å². The molecule has 120 valence electrons. The number of rotatable bonds is 3. The van der Waals surface area contributed by atoms with Crippen LogP contribution in [0.2, 0.25) is 5.02 Å². The number of carbonyl (C=O) groups excluding carboxylic acids is 1. The van der Waals surface area contributed by atoms with Crippen molar-refractivity contribution in [1.29, 1.82) is 0 Å². The number of benzene rings is 2. The van der Waals surface area contributed by atoms with Gasteiger partial charge in [0.25, 0.3) is 5.91 Å². The topological polar surface area (TPSA) is 47.6 Å². The third kappa shape index (κ3) is 3.56. The van der Waals surface area contributed by atoms with Gasteiger partial charge in [0, 0.05) is 24.1 Å². The lowest BCUT2D eigenvalue weighted by Gasteiger charge is -2.12. The Morgan fingerprint density at radius 3 is 2.83 bits per heavy atom. The molecule has 1 aliphatic heterocycles. The molecule has 6 heteroatoms. The van der Waals surface area contributed by atoms with Gasteiger partial charge in [0.05, 0.1) is 18.2 Å². The van der Waals surface area contributed by atoms with E-state index in [9.17, 15) is 9.18 Å². The van der Waals surface area contributed by atoms with Crippen LogP contribution < -0.4 is 14.8 Å². The van der Waals surface area contributed by atoms with Crippen LogP contribution in [0.25, 0.3) is 0 Å². The first-order valence-corrected chi connectivity index (χ1v) is 7.63. The van der Waals surface area contributed by atoms with Crippen molar-refractivity contribution in [3.05, 3.63) is 58.4 Å². The number of nitrogens with one attached hydrogen (secondary N) is 1. The molecule has 0 fully saturated rings. The van der Waals surface area contributed by atoms with Crippen molar-refractivity contribution in [2.24, 2.45) is 0 Å². The minimum absolute atomic E-state index is 0.0948. The summed E-state index contributed by atoms with van der Waals surface area (Å²) in [5, 5.41) is 2.99. The first-order valence-electron chi connectivity index (χ1n) is 7.26. The molecule has 2 aromatic rings. The molecule has 0 unspecified atom stereocenters. The average Bonchev–Trinajstić information content (AvgIpc) is 2.79. The molecule has 0 saturated heterocycles. The Bertz CT molecular complexity index is 736. The van der Waals surface area contributed by atoms with Crippen LogP contribution in [0.15, 0.2) is 36.4 Å². The van der Waals surface area contributed by atoms with Crippen LogP contribution in [0.1, 0.15) is 22.3 Å². The molecule has 0 atom stereocenters. The lowest BCUT2D eigenvalue weighted by atomic mass is 10.1. The molecule has 4 nitrogen and oxygen atoms in total. The third-order valence-electron chi connectivity index (χ3n) is 3.46. The van der Waals surface area contributed by atoms with E-state index in [2.05, 4.69) is 5.32 Å². The second-order valence-electron chi connectivity index (χ2n) is 5.11. The van der Waals surface area contributed by atoms with Gasteiger partial charge in [0.2, 0.25) is 0 Å². The summed E-state index contributed by atoms with van der Waals surface area (Å²) in [4.78, 5) is 12.3. The highest BCUT2D eigenvalue weighted by Crippen LogP contribution is 2.37. The molecule has 23 heavy (non-hydrogen) atoms. The van der Waals surface area contributed by atoms with Gasteiger partial charge >= 0.3 is 0 Å². The van der Waals surface area contributed by atoms with Crippen LogP contribution in [-0.2, 0) is 6.54 Å². The second-order valence-corrected chi connectivity index (χ2v) is 5.52. The molecule has 1 N–H and O–H groups in total. The van der Waals surface area contributed by atoms with Gasteiger partial charge in [-0.2, -0.15) is 0 Å². The summed E-state index contributed by atoms with van der Waals surface area (Å²) in [6.45, 7) is 1.12. The molecule has 0 spiro atoms. The maximum Gasteiger partial charge on any atom is 0.251 e. The Labute approximate surface area is 138 Å². The summed E-state index contributed by atoms with van der Waals surface area (Å²) in [7, 11) is 0. The molecule has 0 aromatic heterocycles. The van der Waals surface area contributed by atoms with Gasteiger partial charge in [0.15, 0.2) is 11.5 Å². The monoisotopic (exact) mass is 335 g/mol. The lowest BCUT2D eigenvalue weighted by molar-refractivity contribution is 0.0950. The third-order valence-corrected chi connectivity index (χ3v) is 3.74. The number of halogens is 2. The van der Waals surface area contributed by atoms with Crippen LogP contribution >= 0.6 is 11.6 Å². The van der Waals surface area contributed by atoms with Crippen molar-refractivity contribution in [3.63, 3.8) is 0 Å². The van der Waals surface area contributed by atoms with Crippen molar-refractivity contribution in [2.75, 3.05) is 13.2 Å². The molecular formula is C17H15ClFNO3. The number of ether oxygens (including phenoxy) is 2. The molecule has 0 saturated carbocycles. The van der Waals surface area contributed by atoms with Gasteiger partial charge < -0.3 is 14.8 Å². The molecule has 1 aliphatic rings. The Balaban J connectivity index is 1.76. The SMILES string of the molecule is O=C(NCc1ccccc1F)c1cc(Cl)c2c(c1)OCCCO2.